The zero-order chi connectivity index (χ0) is 12.5. The summed E-state index contributed by atoms with van der Waals surface area (Å²) in [7, 11) is -0.630. The predicted octanol–water partition coefficient (Wildman–Crippen LogP) is 1.18. The summed E-state index contributed by atoms with van der Waals surface area (Å²) in [6.07, 6.45) is 1.88. The first-order valence-electron chi connectivity index (χ1n) is 6.04. The molecule has 1 aromatic carbocycles. The van der Waals surface area contributed by atoms with E-state index in [1.807, 2.05) is 18.2 Å². The summed E-state index contributed by atoms with van der Waals surface area (Å²) in [5, 5.41) is 3.43. The van der Waals surface area contributed by atoms with E-state index in [0.29, 0.717) is 6.04 Å². The lowest BCUT2D eigenvalue weighted by Gasteiger charge is -2.23. The summed E-state index contributed by atoms with van der Waals surface area (Å²) >= 11 is 0. The summed E-state index contributed by atoms with van der Waals surface area (Å²) in [5.41, 5.74) is 2.44. The van der Waals surface area contributed by atoms with E-state index in [0.717, 1.165) is 41.1 Å². The van der Waals surface area contributed by atoms with Crippen molar-refractivity contribution in [3.63, 3.8) is 0 Å². The van der Waals surface area contributed by atoms with Crippen LogP contribution in [0.1, 0.15) is 12.8 Å². The Labute approximate surface area is 106 Å². The highest BCUT2D eigenvalue weighted by atomic mass is 32.2. The van der Waals surface area contributed by atoms with Crippen LogP contribution >= 0.6 is 0 Å². The molecule has 0 atom stereocenters. The van der Waals surface area contributed by atoms with Crippen molar-refractivity contribution in [3.8, 4) is 0 Å². The molecular formula is C12H15N3O2S. The number of fused-ring (bicyclic) bond motifs is 1. The van der Waals surface area contributed by atoms with Gasteiger partial charge in [0.2, 0.25) is 0 Å². The van der Waals surface area contributed by atoms with E-state index < -0.39 is 10.8 Å². The van der Waals surface area contributed by atoms with Gasteiger partial charge in [-0.15, -0.1) is 0 Å². The van der Waals surface area contributed by atoms with Gasteiger partial charge in [-0.2, -0.15) is 0 Å². The molecule has 0 aliphatic carbocycles. The average Bonchev–Trinajstić information content (AvgIpc) is 2.71. The summed E-state index contributed by atoms with van der Waals surface area (Å²) < 4.78 is 11.3. The fraction of sp³-hybridized carbons (Fsp3) is 0.417. The zero-order valence-electron chi connectivity index (χ0n) is 9.86. The number of aromatic amines is 2. The van der Waals surface area contributed by atoms with Gasteiger partial charge in [0.15, 0.2) is 0 Å². The molecule has 2 aromatic rings. The van der Waals surface area contributed by atoms with Gasteiger partial charge in [0, 0.05) is 34.0 Å². The van der Waals surface area contributed by atoms with Crippen LogP contribution in [0.5, 0.6) is 0 Å². The van der Waals surface area contributed by atoms with E-state index in [2.05, 4.69) is 15.3 Å². The van der Waals surface area contributed by atoms with Crippen LogP contribution in [0, 0.1) is 0 Å². The molecule has 1 saturated heterocycles. The summed E-state index contributed by atoms with van der Waals surface area (Å²) in [5.74, 6) is 1.56. The Bertz CT molecular complexity index is 636. The van der Waals surface area contributed by atoms with Crippen LogP contribution in [0.3, 0.4) is 0 Å². The molecule has 3 N–H and O–H groups in total. The minimum absolute atomic E-state index is 0.185. The van der Waals surface area contributed by atoms with Gasteiger partial charge in [0.1, 0.15) is 0 Å². The molecule has 2 heterocycles. The second kappa shape index (κ2) is 4.61. The van der Waals surface area contributed by atoms with Crippen molar-refractivity contribution in [2.75, 3.05) is 16.8 Å². The third-order valence-corrected chi connectivity index (χ3v) is 4.66. The molecule has 1 aliphatic heterocycles. The number of hydrogen-bond acceptors (Lipinski definition) is 3. The molecule has 0 unspecified atom stereocenters. The average molecular weight is 265 g/mol. The molecule has 0 spiro atoms. The third kappa shape index (κ3) is 2.33. The van der Waals surface area contributed by atoms with E-state index in [4.69, 9.17) is 0 Å². The molecule has 1 aliphatic rings. The standard InChI is InChI=1S/C12H15N3O2S/c16-12-14-10-2-1-9(7-11(10)15-12)13-8-3-5-18(17)6-4-8/h1-2,7-8,13H,3-6H2,(H2,14,15,16). The molecule has 0 amide bonds. The van der Waals surface area contributed by atoms with Gasteiger partial charge in [-0.3, -0.25) is 4.21 Å². The van der Waals surface area contributed by atoms with Crippen molar-refractivity contribution >= 4 is 27.5 Å². The number of imidazole rings is 1. The monoisotopic (exact) mass is 265 g/mol. The Balaban J connectivity index is 1.78. The van der Waals surface area contributed by atoms with Crippen LogP contribution in [-0.2, 0) is 10.8 Å². The number of nitrogens with one attached hydrogen (secondary N) is 3. The van der Waals surface area contributed by atoms with Gasteiger partial charge in [-0.1, -0.05) is 0 Å². The normalized spacial score (nSPS) is 24.2. The highest BCUT2D eigenvalue weighted by Gasteiger charge is 2.17. The third-order valence-electron chi connectivity index (χ3n) is 3.27. The van der Waals surface area contributed by atoms with Gasteiger partial charge in [0.05, 0.1) is 11.0 Å². The first-order valence-corrected chi connectivity index (χ1v) is 7.53. The Hall–Kier alpha value is -1.56. The molecule has 5 nitrogen and oxygen atoms in total. The maximum Gasteiger partial charge on any atom is 0.323 e. The Kier molecular flexibility index (Phi) is 2.95. The smallest absolute Gasteiger partial charge is 0.323 e. The molecule has 0 saturated carbocycles. The van der Waals surface area contributed by atoms with E-state index in [-0.39, 0.29) is 5.69 Å². The van der Waals surface area contributed by atoms with Gasteiger partial charge in [-0.05, 0) is 31.0 Å². The van der Waals surface area contributed by atoms with E-state index in [9.17, 15) is 9.00 Å². The minimum Gasteiger partial charge on any atom is -0.382 e. The molecular weight excluding hydrogens is 250 g/mol. The fourth-order valence-electron chi connectivity index (χ4n) is 2.30. The quantitative estimate of drug-likeness (QED) is 0.763. The number of aromatic nitrogens is 2. The number of rotatable bonds is 2. The van der Waals surface area contributed by atoms with Gasteiger partial charge in [0.25, 0.3) is 0 Å². The van der Waals surface area contributed by atoms with Crippen LogP contribution in [0.25, 0.3) is 11.0 Å². The van der Waals surface area contributed by atoms with Crippen molar-refractivity contribution in [1.29, 1.82) is 0 Å². The summed E-state index contributed by atoms with van der Waals surface area (Å²) in [6, 6.07) is 6.15. The lowest BCUT2D eigenvalue weighted by Crippen LogP contribution is -2.29. The Morgan fingerprint density at radius 3 is 2.67 bits per heavy atom. The maximum atomic E-state index is 11.3. The van der Waals surface area contributed by atoms with Crippen LogP contribution in [0.15, 0.2) is 23.0 Å². The second-order valence-corrected chi connectivity index (χ2v) is 6.30. The topological polar surface area (TPSA) is 77.8 Å². The Morgan fingerprint density at radius 2 is 1.89 bits per heavy atom. The zero-order valence-corrected chi connectivity index (χ0v) is 10.7. The molecule has 6 heteroatoms. The molecule has 0 bridgehead atoms. The van der Waals surface area contributed by atoms with Crippen molar-refractivity contribution in [1.82, 2.24) is 9.97 Å². The molecule has 96 valence electrons. The SMILES string of the molecule is O=c1[nH]c2ccc(NC3CCS(=O)CC3)cc2[nH]1. The number of anilines is 1. The van der Waals surface area contributed by atoms with E-state index in [1.165, 1.54) is 0 Å². The predicted molar refractivity (Wildman–Crippen MR) is 73.4 cm³/mol. The first-order chi connectivity index (χ1) is 8.70. The van der Waals surface area contributed by atoms with Crippen LogP contribution in [0.2, 0.25) is 0 Å². The summed E-state index contributed by atoms with van der Waals surface area (Å²) in [6.45, 7) is 0. The molecule has 1 aromatic heterocycles. The molecule has 18 heavy (non-hydrogen) atoms. The number of benzene rings is 1. The maximum absolute atomic E-state index is 11.3. The van der Waals surface area contributed by atoms with Crippen molar-refractivity contribution < 1.29 is 4.21 Å². The van der Waals surface area contributed by atoms with E-state index in [1.54, 1.807) is 0 Å². The van der Waals surface area contributed by atoms with Crippen molar-refractivity contribution in [3.05, 3.63) is 28.7 Å². The van der Waals surface area contributed by atoms with Crippen molar-refractivity contribution in [2.45, 2.75) is 18.9 Å². The second-order valence-electron chi connectivity index (χ2n) is 4.61. The Morgan fingerprint density at radius 1 is 1.17 bits per heavy atom. The highest BCUT2D eigenvalue weighted by Crippen LogP contribution is 2.19. The molecule has 3 rings (SSSR count). The fourth-order valence-corrected chi connectivity index (χ4v) is 3.60. The lowest BCUT2D eigenvalue weighted by molar-refractivity contribution is 0.624. The highest BCUT2D eigenvalue weighted by molar-refractivity contribution is 7.85. The van der Waals surface area contributed by atoms with E-state index >= 15 is 0 Å². The minimum atomic E-state index is -0.630. The van der Waals surface area contributed by atoms with Crippen molar-refractivity contribution in [2.24, 2.45) is 0 Å². The summed E-state index contributed by atoms with van der Waals surface area (Å²) in [4.78, 5) is 16.6. The van der Waals surface area contributed by atoms with Gasteiger partial charge in [-0.25, -0.2) is 4.79 Å². The largest absolute Gasteiger partial charge is 0.382 e. The lowest BCUT2D eigenvalue weighted by atomic mass is 10.1. The van der Waals surface area contributed by atoms with Gasteiger partial charge >= 0.3 is 5.69 Å². The first kappa shape index (κ1) is 11.5. The van der Waals surface area contributed by atoms with Crippen LogP contribution < -0.4 is 11.0 Å². The molecule has 1 fully saturated rings. The number of H-pyrrole nitrogens is 2. The molecule has 0 radical (unpaired) electrons. The van der Waals surface area contributed by atoms with Crippen LogP contribution in [-0.4, -0.2) is 31.7 Å². The number of hydrogen-bond donors (Lipinski definition) is 3. The van der Waals surface area contributed by atoms with Gasteiger partial charge < -0.3 is 15.3 Å². The van der Waals surface area contributed by atoms with Crippen LogP contribution in [0.4, 0.5) is 5.69 Å².